The predicted octanol–water partition coefficient (Wildman–Crippen LogP) is 3.80. The molecule has 2 amide bonds. The molecule has 2 N–H and O–H groups in total. The Labute approximate surface area is 168 Å². The van der Waals surface area contributed by atoms with Crippen molar-refractivity contribution in [2.24, 2.45) is 0 Å². The van der Waals surface area contributed by atoms with Gasteiger partial charge in [-0.15, -0.1) is 0 Å². The number of sulfonamides is 1. The zero-order valence-electron chi connectivity index (χ0n) is 15.7. The summed E-state index contributed by atoms with van der Waals surface area (Å²) in [6.45, 7) is 1.00. The molecule has 1 aliphatic rings. The van der Waals surface area contributed by atoms with E-state index in [0.29, 0.717) is 24.5 Å². The van der Waals surface area contributed by atoms with Crippen LogP contribution >= 0.6 is 0 Å². The molecule has 1 aliphatic heterocycles. The minimum absolute atomic E-state index is 0.0811. The highest BCUT2D eigenvalue weighted by Gasteiger charge is 2.25. The number of rotatable bonds is 5. The summed E-state index contributed by atoms with van der Waals surface area (Å²) in [6.07, 6.45) is 3.73. The van der Waals surface area contributed by atoms with Crippen molar-refractivity contribution in [3.63, 3.8) is 0 Å². The highest BCUT2D eigenvalue weighted by atomic mass is 32.2. The topological polar surface area (TPSA) is 122 Å². The Balaban J connectivity index is 1.68. The van der Waals surface area contributed by atoms with Gasteiger partial charge >= 0.3 is 6.03 Å². The first-order valence-corrected chi connectivity index (χ1v) is 10.7. The fourth-order valence-electron chi connectivity index (χ4n) is 3.13. The molecule has 2 aromatic rings. The summed E-state index contributed by atoms with van der Waals surface area (Å²) in [7, 11) is -3.62. The van der Waals surface area contributed by atoms with Crippen molar-refractivity contribution in [3.8, 4) is 0 Å². The van der Waals surface area contributed by atoms with Crippen LogP contribution in [-0.4, -0.2) is 36.8 Å². The lowest BCUT2D eigenvalue weighted by atomic mass is 10.2. The van der Waals surface area contributed by atoms with Crippen LogP contribution in [-0.2, 0) is 10.0 Å². The van der Waals surface area contributed by atoms with Gasteiger partial charge in [-0.05, 0) is 43.2 Å². The van der Waals surface area contributed by atoms with Crippen LogP contribution in [0.2, 0.25) is 0 Å². The average molecular weight is 418 g/mol. The fourth-order valence-corrected chi connectivity index (χ4v) is 4.69. The number of urea groups is 1. The quantitative estimate of drug-likeness (QED) is 0.565. The lowest BCUT2D eigenvalue weighted by Gasteiger charge is -2.20. The molecule has 0 spiro atoms. The molecule has 0 bridgehead atoms. The monoisotopic (exact) mass is 418 g/mol. The van der Waals surface area contributed by atoms with Crippen molar-refractivity contribution in [3.05, 3.63) is 58.6 Å². The number of benzene rings is 2. The number of carbonyl (C=O) groups is 1. The van der Waals surface area contributed by atoms with Crippen molar-refractivity contribution in [2.75, 3.05) is 23.7 Å². The lowest BCUT2D eigenvalue weighted by Crippen LogP contribution is -2.32. The molecule has 9 nitrogen and oxygen atoms in total. The zero-order valence-corrected chi connectivity index (χ0v) is 16.5. The van der Waals surface area contributed by atoms with E-state index in [2.05, 4.69) is 10.6 Å². The Morgan fingerprint density at radius 3 is 2.17 bits per heavy atom. The first kappa shape index (κ1) is 20.7. The summed E-state index contributed by atoms with van der Waals surface area (Å²) in [5.41, 5.74) is 0.629. The van der Waals surface area contributed by atoms with Crippen LogP contribution in [0, 0.1) is 10.1 Å². The normalized spacial score (nSPS) is 15.3. The Morgan fingerprint density at radius 2 is 1.55 bits per heavy atom. The summed E-state index contributed by atoms with van der Waals surface area (Å²) >= 11 is 0. The van der Waals surface area contributed by atoms with Crippen LogP contribution in [0.25, 0.3) is 0 Å². The van der Waals surface area contributed by atoms with Gasteiger partial charge in [0.05, 0.1) is 9.82 Å². The Bertz CT molecular complexity index is 984. The number of hydrogen-bond acceptors (Lipinski definition) is 5. The van der Waals surface area contributed by atoms with E-state index < -0.39 is 21.0 Å². The van der Waals surface area contributed by atoms with Gasteiger partial charge in [0.1, 0.15) is 0 Å². The van der Waals surface area contributed by atoms with E-state index in [1.54, 1.807) is 12.1 Å². The van der Waals surface area contributed by atoms with Crippen molar-refractivity contribution in [1.82, 2.24) is 4.31 Å². The van der Waals surface area contributed by atoms with Crippen molar-refractivity contribution < 1.29 is 18.1 Å². The summed E-state index contributed by atoms with van der Waals surface area (Å²) in [5, 5.41) is 15.8. The standard InChI is InChI=1S/C19H22N4O5S/c24-19(20-15-8-10-17(11-9-15)23(25)26)21-16-6-5-7-18(14-16)29(27,28)22-12-3-1-2-4-13-22/h5-11,14H,1-4,12-13H2,(H2,20,21,24). The van der Waals surface area contributed by atoms with Crippen LogP contribution in [0.3, 0.4) is 0 Å². The molecule has 0 aliphatic carbocycles. The second kappa shape index (κ2) is 9.01. The Morgan fingerprint density at radius 1 is 0.931 bits per heavy atom. The number of anilines is 2. The SMILES string of the molecule is O=C(Nc1ccc([N+](=O)[O-])cc1)Nc1cccc(S(=O)(=O)N2CCCCCC2)c1. The van der Waals surface area contributed by atoms with E-state index in [-0.39, 0.29) is 10.6 Å². The largest absolute Gasteiger partial charge is 0.323 e. The van der Waals surface area contributed by atoms with E-state index >= 15 is 0 Å². The molecule has 1 saturated heterocycles. The van der Waals surface area contributed by atoms with Crippen LogP contribution in [0.4, 0.5) is 21.9 Å². The van der Waals surface area contributed by atoms with Crippen LogP contribution in [0.5, 0.6) is 0 Å². The molecule has 0 unspecified atom stereocenters. The number of amides is 2. The van der Waals surface area contributed by atoms with Crippen LogP contribution < -0.4 is 10.6 Å². The van der Waals surface area contributed by atoms with Crippen molar-refractivity contribution in [2.45, 2.75) is 30.6 Å². The fraction of sp³-hybridized carbons (Fsp3) is 0.316. The first-order valence-electron chi connectivity index (χ1n) is 9.29. The maximum atomic E-state index is 12.9. The molecule has 0 saturated carbocycles. The molecular weight excluding hydrogens is 396 g/mol. The summed E-state index contributed by atoms with van der Waals surface area (Å²) in [6, 6.07) is 10.9. The zero-order chi connectivity index (χ0) is 20.9. The van der Waals surface area contributed by atoms with Gasteiger partial charge in [0.25, 0.3) is 5.69 Å². The number of nitrogens with one attached hydrogen (secondary N) is 2. The number of nitro groups is 1. The minimum atomic E-state index is -3.62. The number of nitrogens with zero attached hydrogens (tertiary/aromatic N) is 2. The molecule has 0 radical (unpaired) electrons. The molecule has 0 atom stereocenters. The number of non-ortho nitro benzene ring substituents is 1. The highest BCUT2D eigenvalue weighted by Crippen LogP contribution is 2.23. The Hall–Kier alpha value is -2.98. The molecule has 1 fully saturated rings. The maximum absolute atomic E-state index is 12.9. The second-order valence-corrected chi connectivity index (χ2v) is 8.67. The molecule has 2 aromatic carbocycles. The van der Waals surface area contributed by atoms with E-state index in [1.807, 2.05) is 0 Å². The third-order valence-electron chi connectivity index (χ3n) is 4.63. The molecule has 10 heteroatoms. The summed E-state index contributed by atoms with van der Waals surface area (Å²) < 4.78 is 27.3. The lowest BCUT2D eigenvalue weighted by molar-refractivity contribution is -0.384. The first-order chi connectivity index (χ1) is 13.9. The number of hydrogen-bond donors (Lipinski definition) is 2. The molecule has 3 rings (SSSR count). The number of carbonyl (C=O) groups excluding carboxylic acids is 1. The van der Waals surface area contributed by atoms with Gasteiger partial charge in [-0.25, -0.2) is 13.2 Å². The van der Waals surface area contributed by atoms with Gasteiger partial charge in [-0.3, -0.25) is 10.1 Å². The van der Waals surface area contributed by atoms with Gasteiger partial charge < -0.3 is 10.6 Å². The van der Waals surface area contributed by atoms with Crippen LogP contribution in [0.15, 0.2) is 53.4 Å². The van der Waals surface area contributed by atoms with Gasteiger partial charge in [0.2, 0.25) is 10.0 Å². The Kier molecular flexibility index (Phi) is 6.45. The molecule has 0 aromatic heterocycles. The maximum Gasteiger partial charge on any atom is 0.323 e. The highest BCUT2D eigenvalue weighted by molar-refractivity contribution is 7.89. The molecular formula is C19H22N4O5S. The predicted molar refractivity (Wildman–Crippen MR) is 109 cm³/mol. The molecule has 154 valence electrons. The van der Waals surface area contributed by atoms with Crippen molar-refractivity contribution >= 4 is 33.1 Å². The summed E-state index contributed by atoms with van der Waals surface area (Å²) in [4.78, 5) is 22.5. The number of nitro benzene ring substituents is 1. The van der Waals surface area contributed by atoms with Crippen molar-refractivity contribution in [1.29, 1.82) is 0 Å². The average Bonchev–Trinajstić information content (AvgIpc) is 2.98. The van der Waals surface area contributed by atoms with E-state index in [4.69, 9.17) is 0 Å². The smallest absolute Gasteiger partial charge is 0.308 e. The summed E-state index contributed by atoms with van der Waals surface area (Å²) in [5.74, 6) is 0. The molecule has 29 heavy (non-hydrogen) atoms. The van der Waals surface area contributed by atoms with Gasteiger partial charge in [-0.1, -0.05) is 18.9 Å². The molecule has 1 heterocycles. The third kappa shape index (κ3) is 5.30. The van der Waals surface area contributed by atoms with Gasteiger partial charge in [0, 0.05) is 36.6 Å². The minimum Gasteiger partial charge on any atom is -0.308 e. The van der Waals surface area contributed by atoms with Gasteiger partial charge in [0.15, 0.2) is 0 Å². The van der Waals surface area contributed by atoms with Crippen LogP contribution in [0.1, 0.15) is 25.7 Å². The second-order valence-electron chi connectivity index (χ2n) is 6.73. The van der Waals surface area contributed by atoms with E-state index in [1.165, 1.54) is 40.7 Å². The van der Waals surface area contributed by atoms with Gasteiger partial charge in [-0.2, -0.15) is 4.31 Å². The van der Waals surface area contributed by atoms with E-state index in [0.717, 1.165) is 25.7 Å². The van der Waals surface area contributed by atoms with E-state index in [9.17, 15) is 23.3 Å². The third-order valence-corrected chi connectivity index (χ3v) is 6.53.